The maximum atomic E-state index is 13.6. The SMILES string of the molecule is CCOc1cccc(-c2cc(C(C)(C)C)c(OC(=O)CN(CC)CC)cc2NC(=O)c2c[nH]c3ccccc3c2=O)c1. The number of para-hydroxylation sites is 1. The summed E-state index contributed by atoms with van der Waals surface area (Å²) in [6.07, 6.45) is 1.42. The first kappa shape index (κ1) is 30.5. The van der Waals surface area contributed by atoms with Gasteiger partial charge in [0.15, 0.2) is 0 Å². The van der Waals surface area contributed by atoms with Crippen molar-refractivity contribution >= 4 is 28.5 Å². The lowest BCUT2D eigenvalue weighted by molar-refractivity contribution is -0.135. The van der Waals surface area contributed by atoms with E-state index in [9.17, 15) is 14.4 Å². The summed E-state index contributed by atoms with van der Waals surface area (Å²) >= 11 is 0. The number of carbonyl (C=O) groups excluding carboxylic acids is 2. The van der Waals surface area contributed by atoms with Gasteiger partial charge in [0.05, 0.1) is 18.8 Å². The lowest BCUT2D eigenvalue weighted by atomic mass is 9.84. The molecule has 8 nitrogen and oxygen atoms in total. The van der Waals surface area contributed by atoms with Crippen LogP contribution in [0.2, 0.25) is 0 Å². The van der Waals surface area contributed by atoms with Gasteiger partial charge in [-0.15, -0.1) is 0 Å². The molecule has 0 unspecified atom stereocenters. The third-order valence-corrected chi connectivity index (χ3v) is 7.14. The van der Waals surface area contributed by atoms with Crippen LogP contribution in [-0.2, 0) is 10.2 Å². The zero-order chi connectivity index (χ0) is 30.4. The van der Waals surface area contributed by atoms with Crippen LogP contribution < -0.4 is 20.2 Å². The standard InChI is InChI=1S/C34H39N3O5/c1-7-37(8-2)21-31(38)42-30-19-29(36-33(40)26-20-35-28-16-11-10-15-24(28)32(26)39)25(18-27(30)34(4,5)6)22-13-12-14-23(17-22)41-9-3/h10-20H,7-9,21H2,1-6H3,(H,35,39)(H,36,40). The number of pyridine rings is 1. The van der Waals surface area contributed by atoms with Crippen LogP contribution >= 0.6 is 0 Å². The van der Waals surface area contributed by atoms with Gasteiger partial charge in [0, 0.05) is 34.3 Å². The molecule has 0 fully saturated rings. The molecule has 0 aliphatic heterocycles. The van der Waals surface area contributed by atoms with E-state index in [0.717, 1.165) is 11.1 Å². The second-order valence-corrected chi connectivity index (χ2v) is 11.1. The number of hydrogen-bond acceptors (Lipinski definition) is 6. The number of H-pyrrole nitrogens is 1. The molecule has 0 saturated carbocycles. The van der Waals surface area contributed by atoms with Crippen molar-refractivity contribution in [1.29, 1.82) is 0 Å². The average Bonchev–Trinajstić information content (AvgIpc) is 2.96. The van der Waals surface area contributed by atoms with Crippen LogP contribution in [0.15, 0.2) is 71.7 Å². The molecule has 220 valence electrons. The summed E-state index contributed by atoms with van der Waals surface area (Å²) in [7, 11) is 0. The van der Waals surface area contributed by atoms with E-state index in [1.165, 1.54) is 6.20 Å². The number of likely N-dealkylation sites (N-methyl/N-ethyl adjacent to an activating group) is 1. The van der Waals surface area contributed by atoms with Crippen LogP contribution in [0.1, 0.15) is 57.5 Å². The highest BCUT2D eigenvalue weighted by Crippen LogP contribution is 2.41. The number of aromatic nitrogens is 1. The Bertz CT molecular complexity index is 1650. The number of hydrogen-bond donors (Lipinski definition) is 2. The van der Waals surface area contributed by atoms with Crippen LogP contribution in [0.3, 0.4) is 0 Å². The Morgan fingerprint density at radius 3 is 2.38 bits per heavy atom. The number of carbonyl (C=O) groups is 2. The molecule has 1 heterocycles. The maximum absolute atomic E-state index is 13.6. The Balaban J connectivity index is 1.84. The number of nitrogens with one attached hydrogen (secondary N) is 2. The number of ether oxygens (including phenoxy) is 2. The van der Waals surface area contributed by atoms with Gasteiger partial charge in [-0.25, -0.2) is 0 Å². The number of esters is 1. The van der Waals surface area contributed by atoms with E-state index < -0.39 is 17.3 Å². The molecule has 42 heavy (non-hydrogen) atoms. The second-order valence-electron chi connectivity index (χ2n) is 11.1. The first-order valence-corrected chi connectivity index (χ1v) is 14.3. The molecule has 0 spiro atoms. The highest BCUT2D eigenvalue weighted by Gasteiger charge is 2.26. The quantitative estimate of drug-likeness (QED) is 0.170. The fraction of sp³-hybridized carbons (Fsp3) is 0.324. The zero-order valence-corrected chi connectivity index (χ0v) is 25.2. The van der Waals surface area contributed by atoms with Gasteiger partial charge in [0.25, 0.3) is 5.91 Å². The van der Waals surface area contributed by atoms with Crippen molar-refractivity contribution in [2.45, 2.75) is 47.0 Å². The molecular formula is C34H39N3O5. The lowest BCUT2D eigenvalue weighted by Crippen LogP contribution is -2.32. The number of aromatic amines is 1. The Labute approximate surface area is 246 Å². The van der Waals surface area contributed by atoms with Crippen molar-refractivity contribution in [1.82, 2.24) is 9.88 Å². The molecule has 0 aliphatic carbocycles. The largest absolute Gasteiger partial charge is 0.494 e. The molecule has 1 aromatic heterocycles. The van der Waals surface area contributed by atoms with Crippen LogP contribution in [0, 0.1) is 0 Å². The molecule has 0 saturated heterocycles. The Kier molecular flexibility index (Phi) is 9.48. The van der Waals surface area contributed by atoms with E-state index in [0.29, 0.717) is 53.3 Å². The van der Waals surface area contributed by atoms with Crippen molar-refractivity contribution in [3.05, 3.63) is 88.2 Å². The van der Waals surface area contributed by atoms with E-state index >= 15 is 0 Å². The topological polar surface area (TPSA) is 101 Å². The van der Waals surface area contributed by atoms with Crippen molar-refractivity contribution in [3.8, 4) is 22.6 Å². The van der Waals surface area contributed by atoms with Gasteiger partial charge in [-0.3, -0.25) is 19.3 Å². The highest BCUT2D eigenvalue weighted by molar-refractivity contribution is 6.07. The molecule has 4 aromatic rings. The molecule has 0 radical (unpaired) electrons. The van der Waals surface area contributed by atoms with Gasteiger partial charge in [0.1, 0.15) is 17.1 Å². The predicted molar refractivity (Wildman–Crippen MR) is 168 cm³/mol. The number of benzene rings is 3. The number of rotatable bonds is 10. The van der Waals surface area contributed by atoms with Crippen molar-refractivity contribution in [3.63, 3.8) is 0 Å². The maximum Gasteiger partial charge on any atom is 0.325 e. The van der Waals surface area contributed by atoms with Gasteiger partial charge in [-0.1, -0.05) is 58.9 Å². The molecule has 8 heteroatoms. The van der Waals surface area contributed by atoms with Crippen LogP contribution in [0.4, 0.5) is 5.69 Å². The summed E-state index contributed by atoms with van der Waals surface area (Å²) < 4.78 is 11.7. The Morgan fingerprint density at radius 2 is 1.69 bits per heavy atom. The summed E-state index contributed by atoms with van der Waals surface area (Å²) in [6.45, 7) is 14.1. The molecule has 0 atom stereocenters. The normalized spacial score (nSPS) is 11.5. The molecule has 0 bridgehead atoms. The minimum absolute atomic E-state index is 0.0253. The van der Waals surface area contributed by atoms with Crippen LogP contribution in [0.25, 0.3) is 22.0 Å². The number of anilines is 1. The van der Waals surface area contributed by atoms with Gasteiger partial charge in [-0.2, -0.15) is 0 Å². The van der Waals surface area contributed by atoms with Crippen molar-refractivity contribution in [2.75, 3.05) is 31.6 Å². The summed E-state index contributed by atoms with van der Waals surface area (Å²) in [5.74, 6) is 0.0732. The second kappa shape index (κ2) is 13.0. The fourth-order valence-electron chi connectivity index (χ4n) is 4.82. The first-order chi connectivity index (χ1) is 20.0. The predicted octanol–water partition coefficient (Wildman–Crippen LogP) is 6.39. The van der Waals surface area contributed by atoms with Crippen molar-refractivity contribution in [2.24, 2.45) is 0 Å². The highest BCUT2D eigenvalue weighted by atomic mass is 16.5. The molecule has 4 rings (SSSR count). The van der Waals surface area contributed by atoms with Crippen LogP contribution in [-0.4, -0.2) is 48.0 Å². The van der Waals surface area contributed by atoms with Gasteiger partial charge in [-0.05, 0) is 61.3 Å². The minimum atomic E-state index is -0.576. The summed E-state index contributed by atoms with van der Waals surface area (Å²) in [5.41, 5.74) is 2.56. The Morgan fingerprint density at radius 1 is 0.952 bits per heavy atom. The van der Waals surface area contributed by atoms with Gasteiger partial charge < -0.3 is 19.8 Å². The molecule has 2 N–H and O–H groups in total. The van der Waals surface area contributed by atoms with E-state index in [2.05, 4.69) is 10.3 Å². The average molecular weight is 570 g/mol. The Hall–Kier alpha value is -4.43. The fourth-order valence-corrected chi connectivity index (χ4v) is 4.82. The monoisotopic (exact) mass is 569 g/mol. The number of nitrogens with zero attached hydrogens (tertiary/aromatic N) is 1. The van der Waals surface area contributed by atoms with Crippen molar-refractivity contribution < 1.29 is 19.1 Å². The van der Waals surface area contributed by atoms with E-state index in [1.54, 1.807) is 24.3 Å². The molecule has 0 aliphatic rings. The minimum Gasteiger partial charge on any atom is -0.494 e. The summed E-state index contributed by atoms with van der Waals surface area (Å²) in [4.78, 5) is 44.8. The molecule has 1 amide bonds. The molecule has 3 aromatic carbocycles. The van der Waals surface area contributed by atoms with Crippen LogP contribution in [0.5, 0.6) is 11.5 Å². The van der Waals surface area contributed by atoms with E-state index in [1.807, 2.05) is 82.8 Å². The number of amides is 1. The summed E-state index contributed by atoms with van der Waals surface area (Å²) in [6, 6.07) is 18.2. The smallest absolute Gasteiger partial charge is 0.325 e. The zero-order valence-electron chi connectivity index (χ0n) is 25.2. The van der Waals surface area contributed by atoms with Gasteiger partial charge in [0.2, 0.25) is 5.43 Å². The summed E-state index contributed by atoms with van der Waals surface area (Å²) in [5, 5.41) is 3.36. The van der Waals surface area contributed by atoms with E-state index in [-0.39, 0.29) is 17.5 Å². The number of fused-ring (bicyclic) bond motifs is 1. The lowest BCUT2D eigenvalue weighted by Gasteiger charge is -2.26. The van der Waals surface area contributed by atoms with E-state index in [4.69, 9.17) is 9.47 Å². The van der Waals surface area contributed by atoms with Gasteiger partial charge >= 0.3 is 5.97 Å². The molecular weight excluding hydrogens is 530 g/mol. The first-order valence-electron chi connectivity index (χ1n) is 14.3. The third-order valence-electron chi connectivity index (χ3n) is 7.14. The third kappa shape index (κ3) is 6.89.